The predicted octanol–water partition coefficient (Wildman–Crippen LogP) is 4.04. The Balaban J connectivity index is 1.61. The Bertz CT molecular complexity index is 1540. The molecule has 37 heavy (non-hydrogen) atoms. The Kier molecular flexibility index (Phi) is 7.79. The lowest BCUT2D eigenvalue weighted by molar-refractivity contribution is 0.102. The first-order valence-corrected chi connectivity index (χ1v) is 14.8. The molecule has 2 N–H and O–H groups in total. The summed E-state index contributed by atoms with van der Waals surface area (Å²) in [6, 6.07) is 15.1. The van der Waals surface area contributed by atoms with Gasteiger partial charge in [0.25, 0.3) is 15.9 Å². The fourth-order valence-corrected chi connectivity index (χ4v) is 6.90. The van der Waals surface area contributed by atoms with Crippen molar-refractivity contribution in [3.63, 3.8) is 0 Å². The molecule has 0 saturated heterocycles. The van der Waals surface area contributed by atoms with Gasteiger partial charge in [0, 0.05) is 29.4 Å². The number of carbonyl (C=O) groups is 1. The summed E-state index contributed by atoms with van der Waals surface area (Å²) in [7, 11) is -6.37. The van der Waals surface area contributed by atoms with Gasteiger partial charge >= 0.3 is 0 Å². The van der Waals surface area contributed by atoms with Crippen molar-refractivity contribution in [2.45, 2.75) is 29.6 Å². The summed E-state index contributed by atoms with van der Waals surface area (Å²) in [5.74, 6) is -0.444. The maximum Gasteiger partial charge on any atom is 0.264 e. The highest BCUT2D eigenvalue weighted by Gasteiger charge is 2.31. The number of nitrogens with one attached hydrogen (secondary N) is 2. The van der Waals surface area contributed by atoms with Crippen LogP contribution in [0.5, 0.6) is 5.75 Å². The summed E-state index contributed by atoms with van der Waals surface area (Å²) in [6.45, 7) is 2.34. The van der Waals surface area contributed by atoms with Crippen LogP contribution in [-0.4, -0.2) is 42.9 Å². The Morgan fingerprint density at radius 2 is 1.76 bits per heavy atom. The molecule has 0 radical (unpaired) electrons. The molecular formula is C25H26ClN3O6S2. The molecule has 0 aromatic heterocycles. The molecule has 0 unspecified atom stereocenters. The number of halogens is 1. The molecule has 3 aromatic carbocycles. The topological polar surface area (TPSA) is 122 Å². The Morgan fingerprint density at radius 3 is 2.43 bits per heavy atom. The van der Waals surface area contributed by atoms with Gasteiger partial charge in [0.1, 0.15) is 10.6 Å². The minimum Gasteiger partial charge on any atom is -0.495 e. The third-order valence-electron chi connectivity index (χ3n) is 5.86. The number of sulfonamides is 2. The van der Waals surface area contributed by atoms with Gasteiger partial charge in [-0.25, -0.2) is 21.6 Å². The monoisotopic (exact) mass is 563 g/mol. The molecule has 12 heteroatoms. The van der Waals surface area contributed by atoms with E-state index in [0.717, 1.165) is 5.56 Å². The molecule has 0 atom stereocenters. The molecule has 0 bridgehead atoms. The Labute approximate surface area is 221 Å². The molecule has 1 amide bonds. The minimum atomic E-state index is -3.89. The van der Waals surface area contributed by atoms with Crippen LogP contribution in [-0.2, 0) is 26.5 Å². The first-order valence-electron chi connectivity index (χ1n) is 11.5. The lowest BCUT2D eigenvalue weighted by Crippen LogP contribution is -2.29. The van der Waals surface area contributed by atoms with Crippen molar-refractivity contribution in [2.75, 3.05) is 29.8 Å². The van der Waals surface area contributed by atoms with E-state index in [1.807, 2.05) is 6.92 Å². The van der Waals surface area contributed by atoms with Crippen molar-refractivity contribution in [3.05, 3.63) is 76.8 Å². The molecule has 1 aliphatic heterocycles. The standard InChI is InChI=1S/C25H26ClN3O6S2/c1-3-13-27-36(31,32)24-15-18(5-11-23(24)35-2)25(30)28-20-8-4-17-12-14-29(22(17)16-20)37(33,34)21-9-6-19(26)7-10-21/h4-11,15-16,27H,3,12-14H2,1-2H3,(H,28,30). The number of hydrogen-bond donors (Lipinski definition) is 2. The second-order valence-electron chi connectivity index (χ2n) is 8.34. The van der Waals surface area contributed by atoms with E-state index in [2.05, 4.69) is 10.0 Å². The maximum absolute atomic E-state index is 13.3. The maximum atomic E-state index is 13.3. The third kappa shape index (κ3) is 5.59. The normalized spacial score (nSPS) is 13.3. The number of anilines is 2. The Hall–Kier alpha value is -3.12. The van der Waals surface area contributed by atoms with Gasteiger partial charge in [-0.05, 0) is 73.0 Å². The van der Waals surface area contributed by atoms with Gasteiger partial charge in [-0.3, -0.25) is 9.10 Å². The SMILES string of the molecule is CCCNS(=O)(=O)c1cc(C(=O)Nc2ccc3c(c2)N(S(=O)(=O)c2ccc(Cl)cc2)CC3)ccc1OC. The van der Waals surface area contributed by atoms with Crippen molar-refractivity contribution in [2.24, 2.45) is 0 Å². The van der Waals surface area contributed by atoms with Crippen LogP contribution >= 0.6 is 11.6 Å². The Morgan fingerprint density at radius 1 is 1.03 bits per heavy atom. The number of rotatable bonds is 9. The van der Waals surface area contributed by atoms with Crippen LogP contribution in [0.2, 0.25) is 5.02 Å². The molecule has 0 spiro atoms. The predicted molar refractivity (Wildman–Crippen MR) is 143 cm³/mol. The van der Waals surface area contributed by atoms with Crippen LogP contribution in [0.25, 0.3) is 0 Å². The van der Waals surface area contributed by atoms with Gasteiger partial charge in [0.05, 0.1) is 17.7 Å². The molecular weight excluding hydrogens is 538 g/mol. The summed E-state index contributed by atoms with van der Waals surface area (Å²) in [5, 5.41) is 3.16. The first-order chi connectivity index (χ1) is 17.6. The number of fused-ring (bicyclic) bond motifs is 1. The fourth-order valence-electron chi connectivity index (χ4n) is 3.96. The number of methoxy groups -OCH3 is 1. The molecule has 0 saturated carbocycles. The number of benzene rings is 3. The molecule has 196 valence electrons. The summed E-state index contributed by atoms with van der Waals surface area (Å²) in [6.07, 6.45) is 1.13. The summed E-state index contributed by atoms with van der Waals surface area (Å²) < 4.78 is 60.9. The lowest BCUT2D eigenvalue weighted by atomic mass is 10.1. The summed E-state index contributed by atoms with van der Waals surface area (Å²) in [4.78, 5) is 13.0. The largest absolute Gasteiger partial charge is 0.495 e. The van der Waals surface area contributed by atoms with Crippen LogP contribution < -0.4 is 19.1 Å². The number of ether oxygens (including phenoxy) is 1. The average molecular weight is 564 g/mol. The van der Waals surface area contributed by atoms with Crippen molar-refractivity contribution < 1.29 is 26.4 Å². The van der Waals surface area contributed by atoms with E-state index in [-0.39, 0.29) is 34.2 Å². The number of hydrogen-bond acceptors (Lipinski definition) is 6. The molecule has 9 nitrogen and oxygen atoms in total. The van der Waals surface area contributed by atoms with Crippen molar-refractivity contribution in [1.29, 1.82) is 0 Å². The van der Waals surface area contributed by atoms with Crippen LogP contribution in [0.4, 0.5) is 11.4 Å². The van der Waals surface area contributed by atoms with Crippen LogP contribution in [0.1, 0.15) is 29.3 Å². The van der Waals surface area contributed by atoms with Gasteiger partial charge in [-0.15, -0.1) is 0 Å². The number of amides is 1. The molecule has 1 heterocycles. The van der Waals surface area contributed by atoms with Gasteiger partial charge in [-0.1, -0.05) is 24.6 Å². The second kappa shape index (κ2) is 10.7. The van der Waals surface area contributed by atoms with E-state index in [0.29, 0.717) is 29.2 Å². The molecule has 1 aliphatic rings. The average Bonchev–Trinajstić information content (AvgIpc) is 3.31. The van der Waals surface area contributed by atoms with E-state index < -0.39 is 26.0 Å². The van der Waals surface area contributed by atoms with Gasteiger partial charge in [-0.2, -0.15) is 0 Å². The highest BCUT2D eigenvalue weighted by molar-refractivity contribution is 7.92. The van der Waals surface area contributed by atoms with E-state index in [9.17, 15) is 21.6 Å². The molecule has 0 fully saturated rings. The first kappa shape index (κ1) is 26.9. The van der Waals surface area contributed by atoms with Gasteiger partial charge in [0.2, 0.25) is 10.0 Å². The van der Waals surface area contributed by atoms with Gasteiger partial charge < -0.3 is 10.1 Å². The van der Waals surface area contributed by atoms with Crippen molar-refractivity contribution in [3.8, 4) is 5.75 Å². The van der Waals surface area contributed by atoms with E-state index in [1.165, 1.54) is 53.9 Å². The van der Waals surface area contributed by atoms with Crippen LogP contribution in [0, 0.1) is 0 Å². The highest BCUT2D eigenvalue weighted by Crippen LogP contribution is 2.35. The number of carbonyl (C=O) groups excluding carboxylic acids is 1. The second-order valence-corrected chi connectivity index (χ2v) is 12.4. The fraction of sp³-hybridized carbons (Fsp3) is 0.240. The van der Waals surface area contributed by atoms with Crippen LogP contribution in [0.3, 0.4) is 0 Å². The summed E-state index contributed by atoms with van der Waals surface area (Å²) >= 11 is 5.90. The zero-order chi connectivity index (χ0) is 26.8. The molecule has 0 aliphatic carbocycles. The smallest absolute Gasteiger partial charge is 0.264 e. The lowest BCUT2D eigenvalue weighted by Gasteiger charge is -2.20. The third-order valence-corrected chi connectivity index (χ3v) is 9.42. The van der Waals surface area contributed by atoms with Gasteiger partial charge in [0.15, 0.2) is 0 Å². The molecule has 4 rings (SSSR count). The van der Waals surface area contributed by atoms with E-state index in [1.54, 1.807) is 18.2 Å². The zero-order valence-electron chi connectivity index (χ0n) is 20.2. The molecule has 3 aromatic rings. The van der Waals surface area contributed by atoms with E-state index in [4.69, 9.17) is 16.3 Å². The van der Waals surface area contributed by atoms with Crippen molar-refractivity contribution >= 4 is 48.9 Å². The quantitative estimate of drug-likeness (QED) is 0.405. The minimum absolute atomic E-state index is 0.101. The number of nitrogens with zero attached hydrogens (tertiary/aromatic N) is 1. The summed E-state index contributed by atoms with van der Waals surface area (Å²) in [5.41, 5.74) is 1.76. The van der Waals surface area contributed by atoms with Crippen LogP contribution in [0.15, 0.2) is 70.5 Å². The van der Waals surface area contributed by atoms with Crippen molar-refractivity contribution in [1.82, 2.24) is 4.72 Å². The highest BCUT2D eigenvalue weighted by atomic mass is 35.5. The zero-order valence-corrected chi connectivity index (χ0v) is 22.6. The van der Waals surface area contributed by atoms with E-state index >= 15 is 0 Å².